The highest BCUT2D eigenvalue weighted by Crippen LogP contribution is 2.28. The number of ether oxygens (including phenoxy) is 1. The van der Waals surface area contributed by atoms with Crippen molar-refractivity contribution in [2.24, 2.45) is 0 Å². The first-order valence-corrected chi connectivity index (χ1v) is 7.05. The Hall–Kier alpha value is -0.450. The quantitative estimate of drug-likeness (QED) is 0.874. The van der Waals surface area contributed by atoms with Gasteiger partial charge in [-0.05, 0) is 25.8 Å². The van der Waals surface area contributed by atoms with Gasteiger partial charge in [0, 0.05) is 30.4 Å². The van der Waals surface area contributed by atoms with E-state index >= 15 is 0 Å². The van der Waals surface area contributed by atoms with Crippen LogP contribution in [0.5, 0.6) is 0 Å². The van der Waals surface area contributed by atoms with Crippen LogP contribution in [0.15, 0.2) is 5.38 Å². The predicted octanol–water partition coefficient (Wildman–Crippen LogP) is 1.94. The smallest absolute Gasteiger partial charge is 0.0983 e. The minimum absolute atomic E-state index is 0.565. The van der Waals surface area contributed by atoms with E-state index < -0.39 is 0 Å². The van der Waals surface area contributed by atoms with E-state index in [9.17, 15) is 0 Å². The van der Waals surface area contributed by atoms with Crippen LogP contribution in [0.25, 0.3) is 0 Å². The molecule has 0 radical (unpaired) electrons. The number of aromatic nitrogens is 1. The second-order valence-electron chi connectivity index (χ2n) is 4.73. The molecule has 0 spiro atoms. The first kappa shape index (κ1) is 10.7. The molecule has 2 aliphatic heterocycles. The summed E-state index contributed by atoms with van der Waals surface area (Å²) in [6.07, 6.45) is 4.87. The summed E-state index contributed by atoms with van der Waals surface area (Å²) < 4.78 is 5.41. The molecule has 88 valence electrons. The molecule has 0 bridgehead atoms. The summed E-state index contributed by atoms with van der Waals surface area (Å²) in [5.41, 5.74) is 1.27. The van der Waals surface area contributed by atoms with E-state index in [1.54, 1.807) is 0 Å². The zero-order chi connectivity index (χ0) is 10.8. The van der Waals surface area contributed by atoms with Crippen molar-refractivity contribution >= 4 is 11.3 Å². The molecule has 0 aliphatic carbocycles. The fraction of sp³-hybridized carbons (Fsp3) is 0.750. The van der Waals surface area contributed by atoms with Gasteiger partial charge in [-0.3, -0.25) is 0 Å². The van der Waals surface area contributed by atoms with E-state index in [4.69, 9.17) is 9.72 Å². The minimum atomic E-state index is 0.565. The van der Waals surface area contributed by atoms with E-state index in [1.165, 1.54) is 30.1 Å². The first-order chi connectivity index (χ1) is 7.92. The fourth-order valence-corrected chi connectivity index (χ4v) is 3.47. The summed E-state index contributed by atoms with van der Waals surface area (Å²) in [6.45, 7) is 2.95. The molecule has 0 saturated carbocycles. The van der Waals surface area contributed by atoms with Crippen LogP contribution in [-0.2, 0) is 11.2 Å². The topological polar surface area (TPSA) is 34.1 Å². The molecule has 1 aromatic rings. The summed E-state index contributed by atoms with van der Waals surface area (Å²) >= 11 is 1.81. The number of hydrogen-bond acceptors (Lipinski definition) is 4. The number of rotatable bonds is 3. The molecular formula is C12H18N2OS. The Bertz CT molecular complexity index is 341. The lowest BCUT2D eigenvalue weighted by Gasteiger charge is -2.07. The number of nitrogens with one attached hydrogen (secondary N) is 1. The summed E-state index contributed by atoms with van der Waals surface area (Å²) in [5.74, 6) is 0.565. The lowest BCUT2D eigenvalue weighted by Crippen LogP contribution is -2.23. The van der Waals surface area contributed by atoms with Crippen LogP contribution in [0.2, 0.25) is 0 Å². The van der Waals surface area contributed by atoms with Gasteiger partial charge in [-0.2, -0.15) is 0 Å². The molecule has 0 aromatic carbocycles. The third-order valence-electron chi connectivity index (χ3n) is 3.47. The Morgan fingerprint density at radius 2 is 2.50 bits per heavy atom. The maximum Gasteiger partial charge on any atom is 0.0983 e. The second kappa shape index (κ2) is 4.82. The maximum atomic E-state index is 5.41. The maximum absolute atomic E-state index is 5.41. The molecule has 1 N–H and O–H groups in total. The monoisotopic (exact) mass is 238 g/mol. The van der Waals surface area contributed by atoms with E-state index in [0.717, 1.165) is 26.1 Å². The Kier molecular flexibility index (Phi) is 3.22. The van der Waals surface area contributed by atoms with Crippen LogP contribution in [0.4, 0.5) is 0 Å². The Balaban J connectivity index is 1.62. The molecule has 2 fully saturated rings. The van der Waals surface area contributed by atoms with Crippen molar-refractivity contribution in [1.29, 1.82) is 0 Å². The van der Waals surface area contributed by atoms with Gasteiger partial charge in [-0.15, -0.1) is 11.3 Å². The van der Waals surface area contributed by atoms with Crippen molar-refractivity contribution in [1.82, 2.24) is 10.3 Å². The van der Waals surface area contributed by atoms with Crippen molar-refractivity contribution in [3.05, 3.63) is 16.1 Å². The fourth-order valence-electron chi connectivity index (χ4n) is 2.52. The van der Waals surface area contributed by atoms with Gasteiger partial charge in [0.1, 0.15) is 0 Å². The summed E-state index contributed by atoms with van der Waals surface area (Å²) in [4.78, 5) is 4.75. The average Bonchev–Trinajstić information content (AvgIpc) is 2.99. The summed E-state index contributed by atoms with van der Waals surface area (Å²) in [6, 6.07) is 0.662. The molecule has 3 nitrogen and oxygen atoms in total. The van der Waals surface area contributed by atoms with E-state index in [-0.39, 0.29) is 0 Å². The summed E-state index contributed by atoms with van der Waals surface area (Å²) in [5, 5.41) is 7.04. The third kappa shape index (κ3) is 2.29. The highest BCUT2D eigenvalue weighted by atomic mass is 32.1. The Morgan fingerprint density at radius 1 is 1.50 bits per heavy atom. The van der Waals surface area contributed by atoms with Gasteiger partial charge >= 0.3 is 0 Å². The molecule has 2 atom stereocenters. The van der Waals surface area contributed by atoms with Crippen molar-refractivity contribution in [2.75, 3.05) is 19.8 Å². The largest absolute Gasteiger partial charge is 0.381 e. The molecule has 2 unspecified atom stereocenters. The van der Waals surface area contributed by atoms with Gasteiger partial charge in [-0.25, -0.2) is 4.98 Å². The average molecular weight is 238 g/mol. The number of hydrogen-bond donors (Lipinski definition) is 1. The lowest BCUT2D eigenvalue weighted by molar-refractivity contribution is 0.194. The molecule has 3 heterocycles. The van der Waals surface area contributed by atoms with E-state index in [0.29, 0.717) is 12.0 Å². The highest BCUT2D eigenvalue weighted by molar-refractivity contribution is 7.09. The van der Waals surface area contributed by atoms with Crippen LogP contribution in [0.1, 0.15) is 35.9 Å². The minimum Gasteiger partial charge on any atom is -0.381 e. The molecule has 0 amide bonds. The van der Waals surface area contributed by atoms with Gasteiger partial charge in [-0.1, -0.05) is 0 Å². The van der Waals surface area contributed by atoms with Crippen molar-refractivity contribution in [2.45, 2.75) is 37.6 Å². The van der Waals surface area contributed by atoms with Gasteiger partial charge < -0.3 is 10.1 Å². The lowest BCUT2D eigenvalue weighted by atomic mass is 10.1. The summed E-state index contributed by atoms with van der Waals surface area (Å²) in [7, 11) is 0. The second-order valence-corrected chi connectivity index (χ2v) is 5.62. The van der Waals surface area contributed by atoms with Gasteiger partial charge in [0.15, 0.2) is 0 Å². The molecule has 4 heteroatoms. The molecular weight excluding hydrogens is 220 g/mol. The number of nitrogens with zero attached hydrogens (tertiary/aromatic N) is 1. The van der Waals surface area contributed by atoms with Crippen LogP contribution in [-0.4, -0.2) is 30.8 Å². The van der Waals surface area contributed by atoms with E-state index in [2.05, 4.69) is 10.7 Å². The standard InChI is InChI=1S/C12H18N2OS/c1-2-10(13-4-1)6-11-8-16-12(14-11)9-3-5-15-7-9/h8-10,13H,1-7H2. The third-order valence-corrected chi connectivity index (χ3v) is 4.52. The zero-order valence-electron chi connectivity index (χ0n) is 9.45. The Morgan fingerprint density at radius 3 is 3.25 bits per heavy atom. The van der Waals surface area contributed by atoms with Crippen LogP contribution in [0.3, 0.4) is 0 Å². The molecule has 2 aliphatic rings. The Labute approximate surface area is 100 Å². The molecule has 1 aromatic heterocycles. The van der Waals surface area contributed by atoms with Crippen molar-refractivity contribution in [3.63, 3.8) is 0 Å². The van der Waals surface area contributed by atoms with Crippen molar-refractivity contribution < 1.29 is 4.74 Å². The molecule has 3 rings (SSSR count). The first-order valence-electron chi connectivity index (χ1n) is 6.17. The van der Waals surface area contributed by atoms with Gasteiger partial charge in [0.25, 0.3) is 0 Å². The van der Waals surface area contributed by atoms with Crippen LogP contribution < -0.4 is 5.32 Å². The SMILES string of the molecule is c1sc(C2CCOC2)nc1CC1CCCN1. The van der Waals surface area contributed by atoms with Crippen LogP contribution in [0, 0.1) is 0 Å². The highest BCUT2D eigenvalue weighted by Gasteiger charge is 2.22. The van der Waals surface area contributed by atoms with Gasteiger partial charge in [0.05, 0.1) is 17.3 Å². The predicted molar refractivity (Wildman–Crippen MR) is 65.0 cm³/mol. The zero-order valence-corrected chi connectivity index (χ0v) is 10.3. The number of thiazole rings is 1. The van der Waals surface area contributed by atoms with E-state index in [1.807, 2.05) is 11.3 Å². The molecule has 2 saturated heterocycles. The normalized spacial score (nSPS) is 30.0. The van der Waals surface area contributed by atoms with Gasteiger partial charge in [0.2, 0.25) is 0 Å². The molecule has 16 heavy (non-hydrogen) atoms. The van der Waals surface area contributed by atoms with Crippen molar-refractivity contribution in [3.8, 4) is 0 Å². The van der Waals surface area contributed by atoms with Crippen LogP contribution >= 0.6 is 11.3 Å².